The molecule has 124 valence electrons. The van der Waals surface area contributed by atoms with Gasteiger partial charge in [0.1, 0.15) is 11.4 Å². The van der Waals surface area contributed by atoms with E-state index in [4.69, 9.17) is 0 Å². The molecule has 0 N–H and O–H groups in total. The number of hydrogen-bond donors (Lipinski definition) is 0. The van der Waals surface area contributed by atoms with E-state index in [-0.39, 0.29) is 23.0 Å². The predicted octanol–water partition coefficient (Wildman–Crippen LogP) is 3.94. The molecule has 3 rings (SSSR count). The highest BCUT2D eigenvalue weighted by molar-refractivity contribution is 6.26. The number of nitrogens with zero attached hydrogens (tertiary/aromatic N) is 2. The van der Waals surface area contributed by atoms with Gasteiger partial charge in [0.05, 0.1) is 11.1 Å². The first-order valence-corrected chi connectivity index (χ1v) is 8.73. The third-order valence-corrected chi connectivity index (χ3v) is 4.45. The van der Waals surface area contributed by atoms with Gasteiger partial charge in [-0.1, -0.05) is 26.7 Å². The number of ketones is 2. The van der Waals surface area contributed by atoms with Crippen LogP contribution in [0.1, 0.15) is 82.8 Å². The third-order valence-electron chi connectivity index (χ3n) is 4.45. The zero-order valence-electron chi connectivity index (χ0n) is 14.3. The molecule has 4 heteroatoms. The Morgan fingerprint density at radius 1 is 0.750 bits per heavy atom. The van der Waals surface area contributed by atoms with Crippen molar-refractivity contribution in [2.45, 2.75) is 52.4 Å². The minimum Gasteiger partial charge on any atom is -0.288 e. The molecule has 0 bridgehead atoms. The summed E-state index contributed by atoms with van der Waals surface area (Å²) in [6.45, 7) is 4.25. The minimum absolute atomic E-state index is 0.128. The molecule has 2 heterocycles. The predicted molar refractivity (Wildman–Crippen MR) is 92.6 cm³/mol. The number of carbonyl (C=O) groups excluding carboxylic acids is 2. The number of aromatic nitrogens is 2. The van der Waals surface area contributed by atoms with Gasteiger partial charge in [-0.25, -0.2) is 0 Å². The molecule has 0 atom stereocenters. The van der Waals surface area contributed by atoms with Gasteiger partial charge in [-0.05, 0) is 48.9 Å². The first-order valence-electron chi connectivity index (χ1n) is 8.73. The fraction of sp³-hybridized carbons (Fsp3) is 0.400. The summed E-state index contributed by atoms with van der Waals surface area (Å²) in [5.74, 6) is -0.375. The van der Waals surface area contributed by atoms with E-state index >= 15 is 0 Å². The molecule has 0 amide bonds. The van der Waals surface area contributed by atoms with E-state index in [2.05, 4.69) is 23.8 Å². The Morgan fingerprint density at radius 3 is 1.62 bits per heavy atom. The number of carbonyl (C=O) groups is 2. The van der Waals surface area contributed by atoms with Crippen LogP contribution in [0.5, 0.6) is 0 Å². The van der Waals surface area contributed by atoms with Crippen molar-refractivity contribution >= 4 is 11.6 Å². The monoisotopic (exact) mass is 322 g/mol. The Bertz CT molecular complexity index is 733. The average molecular weight is 322 g/mol. The lowest BCUT2D eigenvalue weighted by Gasteiger charge is -2.17. The van der Waals surface area contributed by atoms with Crippen LogP contribution in [0, 0.1) is 0 Å². The van der Waals surface area contributed by atoms with Crippen LogP contribution >= 0.6 is 0 Å². The Morgan fingerprint density at radius 2 is 1.21 bits per heavy atom. The molecule has 24 heavy (non-hydrogen) atoms. The number of unbranched alkanes of at least 4 members (excludes halogenated alkanes) is 2. The quantitative estimate of drug-likeness (QED) is 0.690. The zero-order chi connectivity index (χ0) is 17.1. The fourth-order valence-electron chi connectivity index (χ4n) is 3.02. The Kier molecular flexibility index (Phi) is 4.84. The average Bonchev–Trinajstić information content (AvgIpc) is 2.62. The SMILES string of the molecule is CCCCc1cnc2c(c1)C(=O)c1cc(CCCC)cnc1C2=O. The van der Waals surface area contributed by atoms with Crippen molar-refractivity contribution in [2.75, 3.05) is 0 Å². The smallest absolute Gasteiger partial charge is 0.231 e. The summed E-state index contributed by atoms with van der Waals surface area (Å²) >= 11 is 0. The normalized spacial score (nSPS) is 12.9. The van der Waals surface area contributed by atoms with Gasteiger partial charge in [0, 0.05) is 12.4 Å². The molecular formula is C20H22N2O2. The molecule has 0 saturated heterocycles. The first kappa shape index (κ1) is 16.5. The second-order valence-electron chi connectivity index (χ2n) is 6.34. The molecule has 0 spiro atoms. The van der Waals surface area contributed by atoms with Crippen LogP contribution < -0.4 is 0 Å². The zero-order valence-corrected chi connectivity index (χ0v) is 14.3. The van der Waals surface area contributed by atoms with Crippen molar-refractivity contribution in [3.63, 3.8) is 0 Å². The topological polar surface area (TPSA) is 59.9 Å². The van der Waals surface area contributed by atoms with Gasteiger partial charge < -0.3 is 0 Å². The van der Waals surface area contributed by atoms with E-state index < -0.39 is 0 Å². The number of aryl methyl sites for hydroxylation is 2. The summed E-state index contributed by atoms with van der Waals surface area (Å²) in [5, 5.41) is 0. The van der Waals surface area contributed by atoms with Crippen molar-refractivity contribution in [3.8, 4) is 0 Å². The number of rotatable bonds is 6. The molecule has 2 aromatic rings. The molecule has 0 unspecified atom stereocenters. The van der Waals surface area contributed by atoms with Crippen molar-refractivity contribution in [3.05, 3.63) is 58.2 Å². The molecule has 0 fully saturated rings. The van der Waals surface area contributed by atoms with Gasteiger partial charge in [-0.3, -0.25) is 19.6 Å². The van der Waals surface area contributed by atoms with Gasteiger partial charge in [0.2, 0.25) is 5.78 Å². The molecule has 0 radical (unpaired) electrons. The highest BCUT2D eigenvalue weighted by Gasteiger charge is 2.32. The standard InChI is InChI=1S/C20H22N2O2/c1-3-5-7-13-9-15-17(21-11-13)20(24)18-16(19(15)23)10-14(12-22-18)8-6-4-2/h9-12H,3-8H2,1-2H3. The summed E-state index contributed by atoms with van der Waals surface area (Å²) < 4.78 is 0. The Labute approximate surface area is 142 Å². The molecule has 0 aliphatic heterocycles. The largest absolute Gasteiger partial charge is 0.288 e. The number of pyridine rings is 2. The highest BCUT2D eigenvalue weighted by atomic mass is 16.1. The molecule has 1 aliphatic rings. The van der Waals surface area contributed by atoms with Gasteiger partial charge >= 0.3 is 0 Å². The second kappa shape index (κ2) is 7.04. The molecule has 0 aromatic carbocycles. The van der Waals surface area contributed by atoms with Crippen LogP contribution in [-0.4, -0.2) is 21.5 Å². The van der Waals surface area contributed by atoms with E-state index in [1.54, 1.807) is 12.4 Å². The molecule has 0 saturated carbocycles. The van der Waals surface area contributed by atoms with Crippen molar-refractivity contribution in [1.29, 1.82) is 0 Å². The summed E-state index contributed by atoms with van der Waals surface area (Å²) in [6.07, 6.45) is 9.42. The van der Waals surface area contributed by atoms with E-state index in [1.807, 2.05) is 12.1 Å². The maximum absolute atomic E-state index is 12.9. The second-order valence-corrected chi connectivity index (χ2v) is 6.34. The molecule has 4 nitrogen and oxygen atoms in total. The Balaban J connectivity index is 1.99. The van der Waals surface area contributed by atoms with Crippen molar-refractivity contribution < 1.29 is 9.59 Å². The number of hydrogen-bond acceptors (Lipinski definition) is 4. The van der Waals surface area contributed by atoms with E-state index in [0.717, 1.165) is 49.7 Å². The lowest BCUT2D eigenvalue weighted by molar-refractivity contribution is 0.0971. The van der Waals surface area contributed by atoms with Gasteiger partial charge in [0.25, 0.3) is 0 Å². The van der Waals surface area contributed by atoms with E-state index in [0.29, 0.717) is 11.1 Å². The van der Waals surface area contributed by atoms with Crippen LogP contribution in [0.15, 0.2) is 24.5 Å². The maximum atomic E-state index is 12.9. The van der Waals surface area contributed by atoms with Crippen LogP contribution in [0.4, 0.5) is 0 Å². The van der Waals surface area contributed by atoms with E-state index in [1.165, 1.54) is 0 Å². The third kappa shape index (κ3) is 3.01. The summed E-state index contributed by atoms with van der Waals surface area (Å²) in [4.78, 5) is 34.0. The lowest BCUT2D eigenvalue weighted by atomic mass is 9.88. The minimum atomic E-state index is -0.247. The fourth-order valence-corrected chi connectivity index (χ4v) is 3.02. The van der Waals surface area contributed by atoms with Crippen LogP contribution in [0.3, 0.4) is 0 Å². The van der Waals surface area contributed by atoms with Crippen molar-refractivity contribution in [2.24, 2.45) is 0 Å². The van der Waals surface area contributed by atoms with Gasteiger partial charge in [-0.15, -0.1) is 0 Å². The van der Waals surface area contributed by atoms with E-state index in [9.17, 15) is 9.59 Å². The molecule has 2 aromatic heterocycles. The molecular weight excluding hydrogens is 300 g/mol. The maximum Gasteiger partial charge on any atom is 0.231 e. The van der Waals surface area contributed by atoms with Crippen LogP contribution in [0.2, 0.25) is 0 Å². The summed E-state index contributed by atoms with van der Waals surface area (Å²) in [6, 6.07) is 3.67. The number of fused-ring (bicyclic) bond motifs is 2. The van der Waals surface area contributed by atoms with Crippen molar-refractivity contribution in [1.82, 2.24) is 9.97 Å². The van der Waals surface area contributed by atoms with Crippen LogP contribution in [-0.2, 0) is 12.8 Å². The molecule has 1 aliphatic carbocycles. The summed E-state index contributed by atoms with van der Waals surface area (Å²) in [7, 11) is 0. The lowest BCUT2D eigenvalue weighted by Crippen LogP contribution is -2.24. The first-order chi connectivity index (χ1) is 11.7. The highest BCUT2D eigenvalue weighted by Crippen LogP contribution is 2.26. The van der Waals surface area contributed by atoms with Crippen LogP contribution in [0.25, 0.3) is 0 Å². The summed E-state index contributed by atoms with van der Waals surface area (Å²) in [5.41, 5.74) is 3.35. The van der Waals surface area contributed by atoms with Gasteiger partial charge in [0.15, 0.2) is 5.78 Å². The Hall–Kier alpha value is -2.36. The van der Waals surface area contributed by atoms with Gasteiger partial charge in [-0.2, -0.15) is 0 Å².